The van der Waals surface area contributed by atoms with E-state index in [4.69, 9.17) is 23.2 Å². The molecular weight excluding hydrogens is 389 g/mol. The number of carbonyl (C=O) groups is 1. The van der Waals surface area contributed by atoms with E-state index in [9.17, 15) is 9.59 Å². The van der Waals surface area contributed by atoms with Crippen LogP contribution in [0.3, 0.4) is 0 Å². The SMILES string of the molecule is O=C(Nc1ccc2sc3ccccc3c(=O)c2c1)c1ccc(Cl)c(Cl)c1. The van der Waals surface area contributed by atoms with Gasteiger partial charge in [0.1, 0.15) is 0 Å². The molecule has 4 rings (SSSR count). The first-order chi connectivity index (χ1) is 12.5. The molecule has 0 aliphatic carbocycles. The molecule has 0 bridgehead atoms. The molecule has 0 saturated heterocycles. The van der Waals surface area contributed by atoms with Crippen LogP contribution in [0.15, 0.2) is 65.5 Å². The number of anilines is 1. The predicted octanol–water partition coefficient (Wildman–Crippen LogP) is 5.97. The second-order valence-corrected chi connectivity index (χ2v) is 7.62. The average Bonchev–Trinajstić information content (AvgIpc) is 2.64. The monoisotopic (exact) mass is 399 g/mol. The van der Waals surface area contributed by atoms with Gasteiger partial charge in [0.2, 0.25) is 0 Å². The summed E-state index contributed by atoms with van der Waals surface area (Å²) in [5, 5.41) is 4.76. The lowest BCUT2D eigenvalue weighted by molar-refractivity contribution is 0.102. The van der Waals surface area contributed by atoms with E-state index in [-0.39, 0.29) is 11.3 Å². The Balaban J connectivity index is 1.74. The molecule has 0 saturated carbocycles. The number of amides is 1. The van der Waals surface area contributed by atoms with Crippen molar-refractivity contribution in [3.05, 3.63) is 86.5 Å². The molecule has 3 nitrogen and oxygen atoms in total. The Hall–Kier alpha value is -2.40. The van der Waals surface area contributed by atoms with Crippen molar-refractivity contribution in [1.29, 1.82) is 0 Å². The Morgan fingerprint density at radius 1 is 0.846 bits per heavy atom. The second-order valence-electron chi connectivity index (χ2n) is 5.72. The fourth-order valence-corrected chi connectivity index (χ4v) is 4.07. The van der Waals surface area contributed by atoms with E-state index in [2.05, 4.69) is 5.32 Å². The van der Waals surface area contributed by atoms with E-state index in [1.54, 1.807) is 35.6 Å². The Bertz CT molecular complexity index is 1230. The summed E-state index contributed by atoms with van der Waals surface area (Å²) in [7, 11) is 0. The van der Waals surface area contributed by atoms with Crippen LogP contribution in [0.25, 0.3) is 20.2 Å². The number of hydrogen-bond donors (Lipinski definition) is 1. The third-order valence-corrected chi connectivity index (χ3v) is 5.91. The quantitative estimate of drug-likeness (QED) is 0.421. The van der Waals surface area contributed by atoms with E-state index in [0.717, 1.165) is 9.40 Å². The molecule has 0 radical (unpaired) electrons. The van der Waals surface area contributed by atoms with Crippen molar-refractivity contribution in [3.63, 3.8) is 0 Å². The van der Waals surface area contributed by atoms with Crippen molar-refractivity contribution in [3.8, 4) is 0 Å². The van der Waals surface area contributed by atoms with Crippen molar-refractivity contribution in [1.82, 2.24) is 0 Å². The predicted molar refractivity (Wildman–Crippen MR) is 110 cm³/mol. The molecule has 0 unspecified atom stereocenters. The first-order valence-electron chi connectivity index (χ1n) is 7.75. The molecule has 26 heavy (non-hydrogen) atoms. The topological polar surface area (TPSA) is 46.2 Å². The van der Waals surface area contributed by atoms with Crippen LogP contribution in [0, 0.1) is 0 Å². The maximum Gasteiger partial charge on any atom is 0.255 e. The summed E-state index contributed by atoms with van der Waals surface area (Å²) in [6.45, 7) is 0. The standard InChI is InChI=1S/C20H11Cl2NO2S/c21-15-7-5-11(9-16(15)22)20(25)23-12-6-8-18-14(10-12)19(24)13-3-1-2-4-17(13)26-18/h1-10H,(H,23,25). The molecule has 128 valence electrons. The molecule has 1 heterocycles. The molecule has 0 aliphatic rings. The van der Waals surface area contributed by atoms with Crippen LogP contribution in [0.4, 0.5) is 5.69 Å². The fraction of sp³-hybridized carbons (Fsp3) is 0. The summed E-state index contributed by atoms with van der Waals surface area (Å²) in [5.41, 5.74) is 0.899. The fourth-order valence-electron chi connectivity index (χ4n) is 2.72. The summed E-state index contributed by atoms with van der Waals surface area (Å²) < 4.78 is 1.82. The van der Waals surface area contributed by atoms with E-state index in [0.29, 0.717) is 32.1 Å². The molecule has 0 aliphatic heterocycles. The van der Waals surface area contributed by atoms with Gasteiger partial charge in [-0.3, -0.25) is 9.59 Å². The number of hydrogen-bond acceptors (Lipinski definition) is 3. The summed E-state index contributed by atoms with van der Waals surface area (Å²) in [5.74, 6) is -0.320. The van der Waals surface area contributed by atoms with Crippen molar-refractivity contribution in [2.45, 2.75) is 0 Å². The van der Waals surface area contributed by atoms with Crippen molar-refractivity contribution >= 4 is 66.3 Å². The molecule has 1 N–H and O–H groups in total. The van der Waals surface area contributed by atoms with Crippen LogP contribution in [0.5, 0.6) is 0 Å². The normalized spacial score (nSPS) is 11.0. The van der Waals surface area contributed by atoms with Gasteiger partial charge in [-0.05, 0) is 48.5 Å². The van der Waals surface area contributed by atoms with E-state index in [1.165, 1.54) is 6.07 Å². The Morgan fingerprint density at radius 3 is 2.42 bits per heavy atom. The van der Waals surface area contributed by atoms with Crippen LogP contribution in [0.1, 0.15) is 10.4 Å². The lowest BCUT2D eigenvalue weighted by atomic mass is 10.1. The minimum absolute atomic E-state index is 0.0417. The summed E-state index contributed by atoms with van der Waals surface area (Å²) >= 11 is 13.4. The lowest BCUT2D eigenvalue weighted by Crippen LogP contribution is -2.12. The van der Waals surface area contributed by atoms with Gasteiger partial charge in [0.25, 0.3) is 5.91 Å². The maximum absolute atomic E-state index is 12.7. The molecule has 0 spiro atoms. The van der Waals surface area contributed by atoms with Crippen LogP contribution < -0.4 is 10.7 Å². The molecule has 0 fully saturated rings. The van der Waals surface area contributed by atoms with E-state index < -0.39 is 0 Å². The molecule has 0 atom stereocenters. The minimum atomic E-state index is -0.320. The van der Waals surface area contributed by atoms with Crippen molar-refractivity contribution in [2.75, 3.05) is 5.32 Å². The highest BCUT2D eigenvalue weighted by molar-refractivity contribution is 7.24. The van der Waals surface area contributed by atoms with Crippen LogP contribution >= 0.6 is 34.5 Å². The largest absolute Gasteiger partial charge is 0.322 e. The molecule has 6 heteroatoms. The van der Waals surface area contributed by atoms with Gasteiger partial charge in [0.05, 0.1) is 10.0 Å². The zero-order valence-electron chi connectivity index (χ0n) is 13.3. The lowest BCUT2D eigenvalue weighted by Gasteiger charge is -2.08. The van der Waals surface area contributed by atoms with Gasteiger partial charge >= 0.3 is 0 Å². The zero-order valence-corrected chi connectivity index (χ0v) is 15.6. The molecule has 4 aromatic rings. The Morgan fingerprint density at radius 2 is 1.62 bits per heavy atom. The first kappa shape index (κ1) is 17.0. The maximum atomic E-state index is 12.7. The van der Waals surface area contributed by atoms with Gasteiger partial charge in [-0.1, -0.05) is 35.3 Å². The van der Waals surface area contributed by atoms with Crippen LogP contribution in [-0.2, 0) is 0 Å². The Kier molecular flexibility index (Phi) is 4.41. The van der Waals surface area contributed by atoms with Gasteiger partial charge in [0, 0.05) is 31.4 Å². The minimum Gasteiger partial charge on any atom is -0.322 e. The third kappa shape index (κ3) is 3.07. The average molecular weight is 400 g/mol. The molecule has 1 aromatic heterocycles. The number of carbonyl (C=O) groups excluding carboxylic acids is 1. The Labute approximate surface area is 162 Å². The van der Waals surface area contributed by atoms with Crippen LogP contribution in [0.2, 0.25) is 10.0 Å². The number of benzene rings is 3. The van der Waals surface area contributed by atoms with Crippen LogP contribution in [-0.4, -0.2) is 5.91 Å². The van der Waals surface area contributed by atoms with E-state index in [1.807, 2.05) is 30.3 Å². The highest BCUT2D eigenvalue weighted by atomic mass is 35.5. The highest BCUT2D eigenvalue weighted by Crippen LogP contribution is 2.27. The van der Waals surface area contributed by atoms with Gasteiger partial charge in [-0.2, -0.15) is 0 Å². The number of halogens is 2. The second kappa shape index (κ2) is 6.72. The van der Waals surface area contributed by atoms with Gasteiger partial charge in [0.15, 0.2) is 5.43 Å². The number of rotatable bonds is 2. The summed E-state index contributed by atoms with van der Waals surface area (Å²) in [6.07, 6.45) is 0. The van der Waals surface area contributed by atoms with E-state index >= 15 is 0 Å². The molecule has 1 amide bonds. The molecular formula is C20H11Cl2NO2S. The van der Waals surface area contributed by atoms with Gasteiger partial charge in [-0.25, -0.2) is 0 Å². The summed E-state index contributed by atoms with van der Waals surface area (Å²) in [6, 6.07) is 17.5. The number of fused-ring (bicyclic) bond motifs is 2. The number of nitrogens with one attached hydrogen (secondary N) is 1. The zero-order chi connectivity index (χ0) is 18.3. The molecule has 3 aromatic carbocycles. The van der Waals surface area contributed by atoms with Gasteiger partial charge in [-0.15, -0.1) is 11.3 Å². The first-order valence-corrected chi connectivity index (χ1v) is 9.32. The summed E-state index contributed by atoms with van der Waals surface area (Å²) in [4.78, 5) is 25.2. The third-order valence-electron chi connectivity index (χ3n) is 4.02. The smallest absolute Gasteiger partial charge is 0.255 e. The highest BCUT2D eigenvalue weighted by Gasteiger charge is 2.11. The van der Waals surface area contributed by atoms with Crippen molar-refractivity contribution in [2.24, 2.45) is 0 Å². The van der Waals surface area contributed by atoms with Gasteiger partial charge < -0.3 is 5.32 Å². The van der Waals surface area contributed by atoms with Crippen molar-refractivity contribution < 1.29 is 4.79 Å².